The van der Waals surface area contributed by atoms with Crippen molar-refractivity contribution in [1.29, 1.82) is 0 Å². The van der Waals surface area contributed by atoms with Crippen LogP contribution in [0.2, 0.25) is 0 Å². The van der Waals surface area contributed by atoms with Crippen molar-refractivity contribution >= 4 is 11.9 Å². The second-order valence-corrected chi connectivity index (χ2v) is 7.13. The highest BCUT2D eigenvalue weighted by molar-refractivity contribution is 5.94. The van der Waals surface area contributed by atoms with Crippen molar-refractivity contribution in [2.75, 3.05) is 34.4 Å². The summed E-state index contributed by atoms with van der Waals surface area (Å²) in [5.41, 5.74) is 2.34. The number of ether oxygens (including phenoxy) is 2. The molecule has 1 atom stereocenters. The highest BCUT2D eigenvalue weighted by Gasteiger charge is 2.17. The van der Waals surface area contributed by atoms with Crippen LogP contribution >= 0.6 is 0 Å². The van der Waals surface area contributed by atoms with Crippen molar-refractivity contribution in [3.8, 4) is 11.5 Å². The quantitative estimate of drug-likeness (QED) is 0.558. The fourth-order valence-electron chi connectivity index (χ4n) is 3.44. The number of imide groups is 1. The Kier molecular flexibility index (Phi) is 8.81. The van der Waals surface area contributed by atoms with Crippen LogP contribution in [0.25, 0.3) is 0 Å². The van der Waals surface area contributed by atoms with Gasteiger partial charge in [-0.05, 0) is 44.2 Å². The molecule has 154 valence electrons. The largest absolute Gasteiger partial charge is 0.493 e. The fraction of sp³-hybridized carbons (Fsp3) is 0.524. The van der Waals surface area contributed by atoms with Gasteiger partial charge in [-0.1, -0.05) is 17.7 Å². The number of para-hydroxylation sites is 1. The van der Waals surface area contributed by atoms with E-state index in [1.54, 1.807) is 14.2 Å². The van der Waals surface area contributed by atoms with Gasteiger partial charge in [-0.25, -0.2) is 4.79 Å². The molecule has 1 aliphatic rings. The molecule has 1 aromatic rings. The maximum atomic E-state index is 12.1. The lowest BCUT2D eigenvalue weighted by atomic mass is 9.97. The number of urea groups is 1. The first-order chi connectivity index (χ1) is 13.5. The standard InChI is InChI=1S/C21H31N3O4/c1-24(14-17-10-7-11-18(27-2)20(17)28-3)15-19(25)23-21(26)22-13-12-16-8-5-4-6-9-16/h7-8,10-11H,4-6,9,12-15H2,1-3H3,(H2,22,23,25,26)/p+1. The van der Waals surface area contributed by atoms with Gasteiger partial charge in [0.25, 0.3) is 5.91 Å². The van der Waals surface area contributed by atoms with Gasteiger partial charge in [-0.2, -0.15) is 0 Å². The molecule has 7 heteroatoms. The number of carbonyl (C=O) groups excluding carboxylic acids is 2. The number of carbonyl (C=O) groups is 2. The van der Waals surface area contributed by atoms with Crippen LogP contribution in [0.5, 0.6) is 11.5 Å². The summed E-state index contributed by atoms with van der Waals surface area (Å²) in [6.07, 6.45) is 7.84. The minimum atomic E-state index is -0.437. The smallest absolute Gasteiger partial charge is 0.321 e. The van der Waals surface area contributed by atoms with Gasteiger partial charge in [0.2, 0.25) is 0 Å². The lowest BCUT2D eigenvalue weighted by Crippen LogP contribution is -3.09. The summed E-state index contributed by atoms with van der Waals surface area (Å²) in [5, 5.41) is 5.16. The second kappa shape index (κ2) is 11.3. The number of quaternary nitrogens is 1. The average molecular weight is 391 g/mol. The van der Waals surface area contributed by atoms with Crippen LogP contribution in [0.4, 0.5) is 4.79 Å². The lowest BCUT2D eigenvalue weighted by molar-refractivity contribution is -0.885. The molecule has 0 fully saturated rings. The zero-order chi connectivity index (χ0) is 20.4. The molecule has 0 bridgehead atoms. The Hall–Kier alpha value is -2.54. The molecule has 0 radical (unpaired) electrons. The topological polar surface area (TPSA) is 81.1 Å². The number of allylic oxidation sites excluding steroid dienone is 1. The lowest BCUT2D eigenvalue weighted by Gasteiger charge is -2.17. The summed E-state index contributed by atoms with van der Waals surface area (Å²) in [4.78, 5) is 25.0. The summed E-state index contributed by atoms with van der Waals surface area (Å²) in [6, 6.07) is 5.22. The van der Waals surface area contributed by atoms with Crippen LogP contribution in [0.1, 0.15) is 37.7 Å². The fourth-order valence-corrected chi connectivity index (χ4v) is 3.44. The Morgan fingerprint density at radius 1 is 1.18 bits per heavy atom. The van der Waals surface area contributed by atoms with Crippen LogP contribution in [0, 0.1) is 0 Å². The van der Waals surface area contributed by atoms with E-state index in [0.29, 0.717) is 24.6 Å². The van der Waals surface area contributed by atoms with Crippen LogP contribution in [-0.4, -0.2) is 46.3 Å². The maximum Gasteiger partial charge on any atom is 0.321 e. The van der Waals surface area contributed by atoms with Crippen molar-refractivity contribution < 1.29 is 24.0 Å². The number of rotatable bonds is 9. The molecule has 7 nitrogen and oxygen atoms in total. The van der Waals surface area contributed by atoms with Crippen LogP contribution in [0.3, 0.4) is 0 Å². The molecule has 0 heterocycles. The van der Waals surface area contributed by atoms with Crippen LogP contribution in [0.15, 0.2) is 29.8 Å². The average Bonchev–Trinajstić information content (AvgIpc) is 2.68. The number of likely N-dealkylation sites (N-methyl/N-ethyl adjacent to an activating group) is 1. The Bertz CT molecular complexity index is 703. The predicted molar refractivity (Wildman–Crippen MR) is 108 cm³/mol. The molecule has 0 aliphatic heterocycles. The number of hydrogen-bond donors (Lipinski definition) is 3. The van der Waals surface area contributed by atoms with E-state index in [2.05, 4.69) is 16.7 Å². The zero-order valence-electron chi connectivity index (χ0n) is 17.1. The third-order valence-corrected chi connectivity index (χ3v) is 4.81. The third kappa shape index (κ3) is 6.88. The Morgan fingerprint density at radius 3 is 2.68 bits per heavy atom. The first-order valence-corrected chi connectivity index (χ1v) is 9.80. The molecule has 1 aliphatic carbocycles. The molecule has 1 aromatic carbocycles. The third-order valence-electron chi connectivity index (χ3n) is 4.81. The molecule has 0 saturated carbocycles. The molecule has 3 amide bonds. The van der Waals surface area contributed by atoms with Crippen molar-refractivity contribution in [2.45, 2.75) is 38.6 Å². The van der Waals surface area contributed by atoms with Gasteiger partial charge in [0.1, 0.15) is 6.54 Å². The van der Waals surface area contributed by atoms with Gasteiger partial charge >= 0.3 is 6.03 Å². The van der Waals surface area contributed by atoms with E-state index >= 15 is 0 Å². The van der Waals surface area contributed by atoms with E-state index < -0.39 is 6.03 Å². The van der Waals surface area contributed by atoms with Crippen molar-refractivity contribution in [3.05, 3.63) is 35.4 Å². The molecule has 3 N–H and O–H groups in total. The van der Waals surface area contributed by atoms with E-state index in [9.17, 15) is 9.59 Å². The Morgan fingerprint density at radius 2 is 2.00 bits per heavy atom. The predicted octanol–water partition coefficient (Wildman–Crippen LogP) is 1.43. The molecule has 0 saturated heterocycles. The van der Waals surface area contributed by atoms with Crippen molar-refractivity contribution in [2.24, 2.45) is 0 Å². The van der Waals surface area contributed by atoms with E-state index in [1.165, 1.54) is 18.4 Å². The number of benzene rings is 1. The molecule has 0 aromatic heterocycles. The first kappa shape index (κ1) is 21.8. The number of nitrogens with one attached hydrogen (secondary N) is 3. The van der Waals surface area contributed by atoms with Crippen molar-refractivity contribution in [1.82, 2.24) is 10.6 Å². The summed E-state index contributed by atoms with van der Waals surface area (Å²) in [5.74, 6) is 1.01. The number of methoxy groups -OCH3 is 2. The molecular formula is C21H32N3O4+. The van der Waals surface area contributed by atoms with E-state index in [0.717, 1.165) is 29.7 Å². The number of hydrogen-bond acceptors (Lipinski definition) is 4. The van der Waals surface area contributed by atoms with Gasteiger partial charge in [0.15, 0.2) is 18.0 Å². The van der Waals surface area contributed by atoms with Crippen LogP contribution in [-0.2, 0) is 11.3 Å². The summed E-state index contributed by atoms with van der Waals surface area (Å²) in [7, 11) is 5.08. The summed E-state index contributed by atoms with van der Waals surface area (Å²) in [6.45, 7) is 1.30. The number of amides is 3. The van der Waals surface area contributed by atoms with Gasteiger partial charge in [0, 0.05) is 6.54 Å². The van der Waals surface area contributed by atoms with Gasteiger partial charge in [0.05, 0.1) is 26.8 Å². The SMILES string of the molecule is COc1cccc(C[NH+](C)CC(=O)NC(=O)NCCC2=CCCCC2)c1OC. The van der Waals surface area contributed by atoms with E-state index in [1.807, 2.05) is 25.2 Å². The molecule has 2 rings (SSSR count). The van der Waals surface area contributed by atoms with Crippen molar-refractivity contribution in [3.63, 3.8) is 0 Å². The van der Waals surface area contributed by atoms with Gasteiger partial charge in [-0.3, -0.25) is 10.1 Å². The Balaban J connectivity index is 1.74. The van der Waals surface area contributed by atoms with E-state index in [4.69, 9.17) is 9.47 Å². The van der Waals surface area contributed by atoms with E-state index in [-0.39, 0.29) is 12.5 Å². The first-order valence-electron chi connectivity index (χ1n) is 9.80. The molecule has 28 heavy (non-hydrogen) atoms. The molecule has 0 spiro atoms. The molecular weight excluding hydrogens is 358 g/mol. The zero-order valence-corrected chi connectivity index (χ0v) is 17.1. The molecule has 1 unspecified atom stereocenters. The maximum absolute atomic E-state index is 12.1. The monoisotopic (exact) mass is 390 g/mol. The highest BCUT2D eigenvalue weighted by atomic mass is 16.5. The minimum absolute atomic E-state index is 0.180. The van der Waals surface area contributed by atoms with Gasteiger partial charge in [-0.15, -0.1) is 0 Å². The van der Waals surface area contributed by atoms with Gasteiger partial charge < -0.3 is 19.7 Å². The Labute approximate surface area is 167 Å². The normalized spacial score (nSPS) is 14.6. The summed E-state index contributed by atoms with van der Waals surface area (Å²) < 4.78 is 10.7. The minimum Gasteiger partial charge on any atom is -0.493 e. The van der Waals surface area contributed by atoms with Crippen LogP contribution < -0.4 is 25.0 Å². The summed E-state index contributed by atoms with van der Waals surface area (Å²) >= 11 is 0. The second-order valence-electron chi connectivity index (χ2n) is 7.13. The highest BCUT2D eigenvalue weighted by Crippen LogP contribution is 2.30.